The van der Waals surface area contributed by atoms with Crippen LogP contribution in [0, 0.1) is 0 Å². The van der Waals surface area contributed by atoms with Crippen molar-refractivity contribution in [1.82, 2.24) is 9.55 Å². The Morgan fingerprint density at radius 3 is 2.85 bits per heavy atom. The fraction of sp³-hybridized carbons (Fsp3) is 0.250. The molecule has 0 fully saturated rings. The van der Waals surface area contributed by atoms with Crippen molar-refractivity contribution in [3.8, 4) is 0 Å². The second kappa shape index (κ2) is 5.59. The highest BCUT2D eigenvalue weighted by atomic mass is 32.1. The van der Waals surface area contributed by atoms with Crippen LogP contribution in [0.3, 0.4) is 0 Å². The van der Waals surface area contributed by atoms with Gasteiger partial charge in [0.05, 0.1) is 22.3 Å². The van der Waals surface area contributed by atoms with E-state index >= 15 is 0 Å². The Morgan fingerprint density at radius 1 is 1.25 bits per heavy atom. The minimum absolute atomic E-state index is 0.146. The average Bonchev–Trinajstić information content (AvgIpc) is 3.08. The molecule has 0 spiro atoms. The topological polar surface area (TPSA) is 34.9 Å². The van der Waals surface area contributed by atoms with E-state index in [9.17, 15) is 4.79 Å². The van der Waals surface area contributed by atoms with Crippen LogP contribution in [-0.4, -0.2) is 15.3 Å². The molecule has 3 aromatic rings. The second-order valence-electron chi connectivity index (χ2n) is 4.75. The molecular weight excluding hydrogens is 268 g/mol. The number of benzene rings is 1. The molecule has 4 heteroatoms. The lowest BCUT2D eigenvalue weighted by atomic mass is 10.2. The highest BCUT2D eigenvalue weighted by molar-refractivity contribution is 7.12. The number of hydrogen-bond acceptors (Lipinski definition) is 3. The van der Waals surface area contributed by atoms with Crippen molar-refractivity contribution in [3.63, 3.8) is 0 Å². The second-order valence-corrected chi connectivity index (χ2v) is 5.69. The molecule has 0 aliphatic rings. The third-order valence-corrected chi connectivity index (χ3v) is 4.21. The van der Waals surface area contributed by atoms with Crippen LogP contribution in [0.4, 0.5) is 0 Å². The minimum Gasteiger partial charge on any atom is -0.328 e. The molecule has 0 aliphatic carbocycles. The van der Waals surface area contributed by atoms with Gasteiger partial charge in [-0.15, -0.1) is 11.3 Å². The molecular formula is C16H16N2OS. The lowest BCUT2D eigenvalue weighted by Crippen LogP contribution is -2.09. The number of aryl methyl sites for hydroxylation is 1. The lowest BCUT2D eigenvalue weighted by Gasteiger charge is -2.06. The maximum absolute atomic E-state index is 12.3. The van der Waals surface area contributed by atoms with Gasteiger partial charge in [-0.3, -0.25) is 4.79 Å². The van der Waals surface area contributed by atoms with E-state index in [1.807, 2.05) is 35.7 Å². The van der Waals surface area contributed by atoms with Crippen LogP contribution in [0.5, 0.6) is 0 Å². The number of para-hydroxylation sites is 2. The van der Waals surface area contributed by atoms with Crippen molar-refractivity contribution in [3.05, 3.63) is 52.5 Å². The standard InChI is InChI=1S/C16H16N2OS/c1-2-9-18-13-7-4-3-6-12(13)17-16(18)11-14(19)15-8-5-10-20-15/h3-8,10H,2,9,11H2,1H3. The summed E-state index contributed by atoms with van der Waals surface area (Å²) in [5, 5.41) is 1.93. The number of carbonyl (C=O) groups is 1. The molecule has 1 aromatic carbocycles. The number of nitrogens with zero attached hydrogens (tertiary/aromatic N) is 2. The van der Waals surface area contributed by atoms with E-state index < -0.39 is 0 Å². The molecule has 0 unspecified atom stereocenters. The molecule has 102 valence electrons. The number of imidazole rings is 1. The zero-order valence-corrected chi connectivity index (χ0v) is 12.2. The molecule has 3 nitrogen and oxygen atoms in total. The smallest absolute Gasteiger partial charge is 0.180 e. The van der Waals surface area contributed by atoms with Crippen molar-refractivity contribution >= 4 is 28.2 Å². The number of aromatic nitrogens is 2. The Bertz CT molecular complexity index is 728. The molecule has 0 saturated carbocycles. The van der Waals surface area contributed by atoms with E-state index in [4.69, 9.17) is 0 Å². The quantitative estimate of drug-likeness (QED) is 0.665. The van der Waals surface area contributed by atoms with Crippen molar-refractivity contribution < 1.29 is 4.79 Å². The van der Waals surface area contributed by atoms with Crippen LogP contribution in [0.15, 0.2) is 41.8 Å². The van der Waals surface area contributed by atoms with Crippen molar-refractivity contribution in [2.45, 2.75) is 26.3 Å². The van der Waals surface area contributed by atoms with Crippen molar-refractivity contribution in [2.24, 2.45) is 0 Å². The van der Waals surface area contributed by atoms with Gasteiger partial charge in [0.25, 0.3) is 0 Å². The highest BCUT2D eigenvalue weighted by Crippen LogP contribution is 2.19. The molecule has 0 saturated heterocycles. The summed E-state index contributed by atoms with van der Waals surface area (Å²) in [4.78, 5) is 17.7. The number of thiophene rings is 1. The van der Waals surface area contributed by atoms with Gasteiger partial charge >= 0.3 is 0 Å². The zero-order chi connectivity index (χ0) is 13.9. The molecule has 20 heavy (non-hydrogen) atoms. The molecule has 0 radical (unpaired) electrons. The Morgan fingerprint density at radius 2 is 2.10 bits per heavy atom. The largest absolute Gasteiger partial charge is 0.328 e. The van der Waals surface area contributed by atoms with E-state index in [0.717, 1.165) is 34.7 Å². The summed E-state index contributed by atoms with van der Waals surface area (Å²) in [7, 11) is 0. The third-order valence-electron chi connectivity index (χ3n) is 3.30. The third kappa shape index (κ3) is 2.39. The van der Waals surface area contributed by atoms with Crippen LogP contribution < -0.4 is 0 Å². The summed E-state index contributed by atoms with van der Waals surface area (Å²) >= 11 is 1.49. The van der Waals surface area contributed by atoms with Gasteiger partial charge in [-0.05, 0) is 30.0 Å². The fourth-order valence-electron chi connectivity index (χ4n) is 2.40. The summed E-state index contributed by atoms with van der Waals surface area (Å²) in [5.74, 6) is 1.01. The SMILES string of the molecule is CCCn1c(CC(=O)c2cccs2)nc2ccccc21. The molecule has 0 aliphatic heterocycles. The summed E-state index contributed by atoms with van der Waals surface area (Å²) in [6, 6.07) is 11.8. The van der Waals surface area contributed by atoms with Gasteiger partial charge in [-0.25, -0.2) is 4.98 Å². The summed E-state index contributed by atoms with van der Waals surface area (Å²) in [6.45, 7) is 3.03. The van der Waals surface area contributed by atoms with Crippen LogP contribution >= 0.6 is 11.3 Å². The molecule has 2 aromatic heterocycles. The van der Waals surface area contributed by atoms with Crippen LogP contribution in [0.25, 0.3) is 11.0 Å². The van der Waals surface area contributed by atoms with Gasteiger partial charge in [0, 0.05) is 6.54 Å². The summed E-state index contributed by atoms with van der Waals surface area (Å²) < 4.78 is 2.17. The number of rotatable bonds is 5. The first-order valence-electron chi connectivity index (χ1n) is 6.80. The average molecular weight is 284 g/mol. The maximum atomic E-state index is 12.3. The first kappa shape index (κ1) is 13.1. The normalized spacial score (nSPS) is 11.1. The highest BCUT2D eigenvalue weighted by Gasteiger charge is 2.15. The van der Waals surface area contributed by atoms with Crippen molar-refractivity contribution in [1.29, 1.82) is 0 Å². The number of hydrogen-bond donors (Lipinski definition) is 0. The summed E-state index contributed by atoms with van der Waals surface area (Å²) in [5.41, 5.74) is 2.08. The molecule has 0 amide bonds. The van der Waals surface area contributed by atoms with Crippen LogP contribution in [-0.2, 0) is 13.0 Å². The van der Waals surface area contributed by atoms with Gasteiger partial charge in [0.15, 0.2) is 5.78 Å². The minimum atomic E-state index is 0.146. The Labute approximate surface area is 121 Å². The monoisotopic (exact) mass is 284 g/mol. The van der Waals surface area contributed by atoms with Gasteiger partial charge in [0.2, 0.25) is 0 Å². The predicted molar refractivity (Wildman–Crippen MR) is 82.4 cm³/mol. The zero-order valence-electron chi connectivity index (χ0n) is 11.4. The lowest BCUT2D eigenvalue weighted by molar-refractivity contribution is 0.0993. The molecule has 0 bridgehead atoms. The fourth-order valence-corrected chi connectivity index (χ4v) is 3.07. The first-order valence-corrected chi connectivity index (χ1v) is 7.68. The van der Waals surface area contributed by atoms with Gasteiger partial charge in [-0.1, -0.05) is 25.1 Å². The predicted octanol–water partition coefficient (Wildman–Crippen LogP) is 3.93. The molecule has 0 atom stereocenters. The van der Waals surface area contributed by atoms with Crippen LogP contribution in [0.2, 0.25) is 0 Å². The Balaban J connectivity index is 1.98. The van der Waals surface area contributed by atoms with E-state index in [-0.39, 0.29) is 5.78 Å². The van der Waals surface area contributed by atoms with Gasteiger partial charge < -0.3 is 4.57 Å². The molecule has 3 rings (SSSR count). The van der Waals surface area contributed by atoms with Crippen molar-refractivity contribution in [2.75, 3.05) is 0 Å². The maximum Gasteiger partial charge on any atom is 0.180 e. The van der Waals surface area contributed by atoms with E-state index in [0.29, 0.717) is 6.42 Å². The Hall–Kier alpha value is -1.94. The van der Waals surface area contributed by atoms with Crippen LogP contribution in [0.1, 0.15) is 28.8 Å². The van der Waals surface area contributed by atoms with E-state index in [2.05, 4.69) is 22.5 Å². The van der Waals surface area contributed by atoms with Gasteiger partial charge in [0.1, 0.15) is 5.82 Å². The summed E-state index contributed by atoms with van der Waals surface area (Å²) in [6.07, 6.45) is 1.40. The number of fused-ring (bicyclic) bond motifs is 1. The number of ketones is 1. The molecule has 0 N–H and O–H groups in total. The Kier molecular flexibility index (Phi) is 3.65. The van der Waals surface area contributed by atoms with E-state index in [1.54, 1.807) is 0 Å². The number of Topliss-reactive ketones (excluding diaryl/α,β-unsaturated/α-hetero) is 1. The molecule has 2 heterocycles. The first-order chi connectivity index (χ1) is 9.79. The van der Waals surface area contributed by atoms with E-state index in [1.165, 1.54) is 11.3 Å². The number of carbonyl (C=O) groups excluding carboxylic acids is 1. The van der Waals surface area contributed by atoms with Gasteiger partial charge in [-0.2, -0.15) is 0 Å².